The standard InChI is InChI=1S/C31H29N/c1-2-3-4-24-11-15-28(16-12-24)30-19-21-31(22-20-30)29-17-13-26(14-18-29)6-5-25-7-9-27(23-32)10-8-25/h2,7-10,13-14,17-22,24,28H,1,3-4,11-12,15-16H2/t24-,28-. The maximum atomic E-state index is 8.88. The van der Waals surface area contributed by atoms with Crippen molar-refractivity contribution >= 4 is 0 Å². The molecule has 0 radical (unpaired) electrons. The van der Waals surface area contributed by atoms with Gasteiger partial charge in [-0.1, -0.05) is 54.3 Å². The van der Waals surface area contributed by atoms with Crippen LogP contribution in [0.15, 0.2) is 85.5 Å². The van der Waals surface area contributed by atoms with Crippen molar-refractivity contribution < 1.29 is 0 Å². The second-order valence-corrected chi connectivity index (χ2v) is 8.72. The lowest BCUT2D eigenvalue weighted by Crippen LogP contribution is -2.13. The van der Waals surface area contributed by atoms with E-state index in [1.165, 1.54) is 48.8 Å². The Balaban J connectivity index is 1.37. The maximum absolute atomic E-state index is 8.88. The third kappa shape index (κ3) is 5.57. The van der Waals surface area contributed by atoms with Crippen molar-refractivity contribution in [1.82, 2.24) is 0 Å². The van der Waals surface area contributed by atoms with Crippen molar-refractivity contribution in [2.45, 2.75) is 44.4 Å². The quantitative estimate of drug-likeness (QED) is 0.307. The average molecular weight is 416 g/mol. The van der Waals surface area contributed by atoms with Crippen molar-refractivity contribution in [3.05, 3.63) is 108 Å². The fraction of sp³-hybridized carbons (Fsp3) is 0.258. The summed E-state index contributed by atoms with van der Waals surface area (Å²) in [4.78, 5) is 0. The van der Waals surface area contributed by atoms with E-state index in [0.717, 1.165) is 23.5 Å². The summed E-state index contributed by atoms with van der Waals surface area (Å²) >= 11 is 0. The number of hydrogen-bond acceptors (Lipinski definition) is 1. The van der Waals surface area contributed by atoms with Crippen LogP contribution in [0.2, 0.25) is 0 Å². The van der Waals surface area contributed by atoms with E-state index in [-0.39, 0.29) is 0 Å². The average Bonchev–Trinajstić information content (AvgIpc) is 2.87. The maximum Gasteiger partial charge on any atom is 0.0991 e. The van der Waals surface area contributed by atoms with Gasteiger partial charge >= 0.3 is 0 Å². The molecule has 1 fully saturated rings. The van der Waals surface area contributed by atoms with Crippen LogP contribution in [0.4, 0.5) is 0 Å². The molecule has 0 amide bonds. The van der Waals surface area contributed by atoms with E-state index in [4.69, 9.17) is 5.26 Å². The highest BCUT2D eigenvalue weighted by Crippen LogP contribution is 2.38. The molecule has 0 spiro atoms. The third-order valence-electron chi connectivity index (χ3n) is 6.59. The number of rotatable bonds is 5. The molecule has 32 heavy (non-hydrogen) atoms. The number of nitrogens with zero attached hydrogens (tertiary/aromatic N) is 1. The Bertz CT molecular complexity index is 1120. The topological polar surface area (TPSA) is 23.8 Å². The van der Waals surface area contributed by atoms with E-state index in [0.29, 0.717) is 11.5 Å². The molecule has 0 saturated heterocycles. The highest BCUT2D eigenvalue weighted by molar-refractivity contribution is 5.65. The fourth-order valence-corrected chi connectivity index (χ4v) is 4.60. The number of benzene rings is 3. The SMILES string of the molecule is C=CCC[C@H]1CC[C@H](c2ccc(-c3ccc(C#Cc4ccc(C#N)cc4)cc3)cc2)CC1. The Morgan fingerprint density at radius 2 is 1.22 bits per heavy atom. The monoisotopic (exact) mass is 415 g/mol. The zero-order valence-corrected chi connectivity index (χ0v) is 18.6. The first-order valence-corrected chi connectivity index (χ1v) is 11.6. The van der Waals surface area contributed by atoms with Gasteiger partial charge in [0.15, 0.2) is 0 Å². The fourth-order valence-electron chi connectivity index (χ4n) is 4.60. The van der Waals surface area contributed by atoms with Gasteiger partial charge < -0.3 is 0 Å². The minimum atomic E-state index is 0.655. The van der Waals surface area contributed by atoms with Gasteiger partial charge in [-0.05, 0) is 103 Å². The van der Waals surface area contributed by atoms with Crippen molar-refractivity contribution in [2.75, 3.05) is 0 Å². The van der Waals surface area contributed by atoms with E-state index in [9.17, 15) is 0 Å². The molecule has 3 aromatic carbocycles. The summed E-state index contributed by atoms with van der Waals surface area (Å²) in [6.07, 6.45) is 9.85. The molecule has 3 aromatic rings. The van der Waals surface area contributed by atoms with Crippen LogP contribution in [-0.4, -0.2) is 0 Å². The van der Waals surface area contributed by atoms with Crippen LogP contribution < -0.4 is 0 Å². The number of allylic oxidation sites excluding steroid dienone is 1. The van der Waals surface area contributed by atoms with Gasteiger partial charge in [0.25, 0.3) is 0 Å². The van der Waals surface area contributed by atoms with E-state index < -0.39 is 0 Å². The molecule has 1 aliphatic carbocycles. The second-order valence-electron chi connectivity index (χ2n) is 8.72. The summed E-state index contributed by atoms with van der Waals surface area (Å²) in [6.45, 7) is 3.86. The molecule has 0 aromatic heterocycles. The van der Waals surface area contributed by atoms with Gasteiger partial charge in [0.2, 0.25) is 0 Å². The Morgan fingerprint density at radius 3 is 1.75 bits per heavy atom. The predicted octanol–water partition coefficient (Wildman–Crippen LogP) is 7.87. The molecule has 4 rings (SSSR count). The molecule has 0 atom stereocenters. The molecule has 0 unspecified atom stereocenters. The minimum absolute atomic E-state index is 0.655. The molecule has 1 saturated carbocycles. The van der Waals surface area contributed by atoms with Gasteiger partial charge in [0, 0.05) is 11.1 Å². The van der Waals surface area contributed by atoms with Crippen LogP contribution in [-0.2, 0) is 0 Å². The lowest BCUT2D eigenvalue weighted by Gasteiger charge is -2.28. The third-order valence-corrected chi connectivity index (χ3v) is 6.59. The Labute approximate surface area is 192 Å². The number of nitriles is 1. The summed E-state index contributed by atoms with van der Waals surface area (Å²) in [6, 6.07) is 27.1. The van der Waals surface area contributed by atoms with Crippen LogP contribution in [0.1, 0.15) is 66.7 Å². The lowest BCUT2D eigenvalue weighted by molar-refractivity contribution is 0.312. The molecule has 158 valence electrons. The van der Waals surface area contributed by atoms with Crippen LogP contribution in [0, 0.1) is 29.1 Å². The number of hydrogen-bond donors (Lipinski definition) is 0. The summed E-state index contributed by atoms with van der Waals surface area (Å²) in [7, 11) is 0. The molecule has 0 aliphatic heterocycles. The van der Waals surface area contributed by atoms with E-state index in [1.807, 2.05) is 12.1 Å². The first-order valence-electron chi connectivity index (χ1n) is 11.6. The second kappa shape index (κ2) is 10.7. The molecule has 0 bridgehead atoms. The molecular formula is C31H29N. The zero-order valence-electron chi connectivity index (χ0n) is 18.6. The van der Waals surface area contributed by atoms with Gasteiger partial charge in [-0.2, -0.15) is 5.26 Å². The molecule has 1 heteroatoms. The summed E-state index contributed by atoms with van der Waals surface area (Å²) < 4.78 is 0. The van der Waals surface area contributed by atoms with Crippen molar-refractivity contribution in [1.29, 1.82) is 5.26 Å². The Morgan fingerprint density at radius 1 is 0.719 bits per heavy atom. The predicted molar refractivity (Wildman–Crippen MR) is 133 cm³/mol. The summed E-state index contributed by atoms with van der Waals surface area (Å²) in [5.74, 6) is 7.98. The summed E-state index contributed by atoms with van der Waals surface area (Å²) in [5.41, 5.74) is 6.51. The van der Waals surface area contributed by atoms with Crippen molar-refractivity contribution in [3.8, 4) is 29.0 Å². The smallest absolute Gasteiger partial charge is 0.0991 e. The van der Waals surface area contributed by atoms with E-state index >= 15 is 0 Å². The molecule has 0 N–H and O–H groups in total. The first-order chi connectivity index (χ1) is 15.7. The van der Waals surface area contributed by atoms with E-state index in [2.05, 4.69) is 79.1 Å². The van der Waals surface area contributed by atoms with Crippen LogP contribution in [0.5, 0.6) is 0 Å². The highest BCUT2D eigenvalue weighted by Gasteiger charge is 2.21. The Kier molecular flexibility index (Phi) is 7.22. The zero-order chi connectivity index (χ0) is 22.2. The largest absolute Gasteiger partial charge is 0.192 e. The van der Waals surface area contributed by atoms with Crippen LogP contribution in [0.3, 0.4) is 0 Å². The van der Waals surface area contributed by atoms with Gasteiger partial charge in [-0.15, -0.1) is 6.58 Å². The molecule has 1 nitrogen and oxygen atoms in total. The van der Waals surface area contributed by atoms with Crippen LogP contribution >= 0.6 is 0 Å². The molecule has 1 aliphatic rings. The van der Waals surface area contributed by atoms with Crippen LogP contribution in [0.25, 0.3) is 11.1 Å². The minimum Gasteiger partial charge on any atom is -0.192 e. The van der Waals surface area contributed by atoms with E-state index in [1.54, 1.807) is 12.1 Å². The van der Waals surface area contributed by atoms with Crippen molar-refractivity contribution in [3.63, 3.8) is 0 Å². The molecular weight excluding hydrogens is 386 g/mol. The Hall–Kier alpha value is -3.55. The van der Waals surface area contributed by atoms with Gasteiger partial charge in [0.1, 0.15) is 0 Å². The van der Waals surface area contributed by atoms with Gasteiger partial charge in [0.05, 0.1) is 11.6 Å². The van der Waals surface area contributed by atoms with Gasteiger partial charge in [-0.3, -0.25) is 0 Å². The highest BCUT2D eigenvalue weighted by atomic mass is 14.3. The molecule has 0 heterocycles. The first kappa shape index (κ1) is 21.7. The van der Waals surface area contributed by atoms with Gasteiger partial charge in [-0.25, -0.2) is 0 Å². The normalized spacial score (nSPS) is 17.6. The lowest BCUT2D eigenvalue weighted by atomic mass is 9.77. The van der Waals surface area contributed by atoms with Crippen molar-refractivity contribution in [2.24, 2.45) is 5.92 Å². The summed E-state index contributed by atoms with van der Waals surface area (Å²) in [5, 5.41) is 8.88.